The van der Waals surface area contributed by atoms with Gasteiger partial charge in [0.25, 0.3) is 0 Å². The van der Waals surface area contributed by atoms with Crippen molar-refractivity contribution in [3.8, 4) is 5.75 Å². The SMILES string of the molecule is Cc1ccc(OCCCN(C)C(=O)CN(C)Cc2cccnc2)cc1C. The number of carbonyl (C=O) groups excluding carboxylic acids is 1. The number of hydrogen-bond acceptors (Lipinski definition) is 4. The fourth-order valence-electron chi connectivity index (χ4n) is 2.63. The van der Waals surface area contributed by atoms with Crippen LogP contribution >= 0.6 is 0 Å². The summed E-state index contributed by atoms with van der Waals surface area (Å²) in [7, 11) is 3.79. The third-order valence-corrected chi connectivity index (χ3v) is 4.39. The molecule has 0 aliphatic rings. The van der Waals surface area contributed by atoms with Crippen LogP contribution < -0.4 is 4.74 Å². The number of nitrogens with zero attached hydrogens (tertiary/aromatic N) is 3. The zero-order valence-corrected chi connectivity index (χ0v) is 16.2. The summed E-state index contributed by atoms with van der Waals surface area (Å²) in [6.45, 7) is 6.56. The molecule has 0 atom stereocenters. The molecule has 1 heterocycles. The molecule has 0 aliphatic heterocycles. The zero-order valence-electron chi connectivity index (χ0n) is 16.2. The Balaban J connectivity index is 1.67. The summed E-state index contributed by atoms with van der Waals surface area (Å²) < 4.78 is 5.78. The lowest BCUT2D eigenvalue weighted by molar-refractivity contribution is -0.131. The number of pyridine rings is 1. The number of likely N-dealkylation sites (N-methyl/N-ethyl adjacent to an activating group) is 2. The molecule has 0 saturated carbocycles. The van der Waals surface area contributed by atoms with Gasteiger partial charge in [-0.2, -0.15) is 0 Å². The van der Waals surface area contributed by atoms with Gasteiger partial charge in [0.15, 0.2) is 0 Å². The van der Waals surface area contributed by atoms with Crippen LogP contribution in [0.3, 0.4) is 0 Å². The van der Waals surface area contributed by atoms with E-state index in [2.05, 4.69) is 31.0 Å². The quantitative estimate of drug-likeness (QED) is 0.649. The predicted octanol–water partition coefficient (Wildman–Crippen LogP) is 3.06. The molecule has 140 valence electrons. The first kappa shape index (κ1) is 19.9. The summed E-state index contributed by atoms with van der Waals surface area (Å²) in [5.41, 5.74) is 3.59. The van der Waals surface area contributed by atoms with Gasteiger partial charge >= 0.3 is 0 Å². The second kappa shape index (κ2) is 9.92. The lowest BCUT2D eigenvalue weighted by Crippen LogP contribution is -2.37. The van der Waals surface area contributed by atoms with Gasteiger partial charge in [-0.25, -0.2) is 0 Å². The standard InChI is InChI=1S/C21H29N3O2/c1-17-8-9-20(13-18(17)2)26-12-6-11-24(4)21(25)16-23(3)15-19-7-5-10-22-14-19/h5,7-10,13-14H,6,11-12,15-16H2,1-4H3. The van der Waals surface area contributed by atoms with E-state index >= 15 is 0 Å². The van der Waals surface area contributed by atoms with Crippen LogP contribution in [0.15, 0.2) is 42.7 Å². The van der Waals surface area contributed by atoms with Gasteiger partial charge in [0.1, 0.15) is 5.75 Å². The largest absolute Gasteiger partial charge is 0.494 e. The van der Waals surface area contributed by atoms with Gasteiger partial charge in [-0.3, -0.25) is 14.7 Å². The van der Waals surface area contributed by atoms with Crippen LogP contribution in [0.25, 0.3) is 0 Å². The van der Waals surface area contributed by atoms with Gasteiger partial charge in [0.2, 0.25) is 5.91 Å². The van der Waals surface area contributed by atoms with E-state index in [0.29, 0.717) is 26.2 Å². The van der Waals surface area contributed by atoms with Crippen LogP contribution in [-0.2, 0) is 11.3 Å². The first-order chi connectivity index (χ1) is 12.5. The van der Waals surface area contributed by atoms with Crippen molar-refractivity contribution in [3.63, 3.8) is 0 Å². The minimum atomic E-state index is 0.113. The Bertz CT molecular complexity index is 704. The Morgan fingerprint density at radius 1 is 1.15 bits per heavy atom. The fourth-order valence-corrected chi connectivity index (χ4v) is 2.63. The maximum Gasteiger partial charge on any atom is 0.236 e. The van der Waals surface area contributed by atoms with Crippen LogP contribution in [-0.4, -0.2) is 54.5 Å². The van der Waals surface area contributed by atoms with Crippen molar-refractivity contribution in [1.29, 1.82) is 0 Å². The van der Waals surface area contributed by atoms with Gasteiger partial charge in [-0.15, -0.1) is 0 Å². The molecular formula is C21H29N3O2. The highest BCUT2D eigenvalue weighted by molar-refractivity contribution is 5.77. The molecule has 0 saturated heterocycles. The van der Waals surface area contributed by atoms with E-state index in [4.69, 9.17) is 4.74 Å². The molecule has 2 aromatic rings. The van der Waals surface area contributed by atoms with Crippen LogP contribution in [0, 0.1) is 13.8 Å². The third-order valence-electron chi connectivity index (χ3n) is 4.39. The molecule has 5 nitrogen and oxygen atoms in total. The van der Waals surface area contributed by atoms with E-state index in [-0.39, 0.29) is 5.91 Å². The molecule has 1 amide bonds. The minimum Gasteiger partial charge on any atom is -0.494 e. The summed E-state index contributed by atoms with van der Waals surface area (Å²) in [6, 6.07) is 10.0. The third kappa shape index (κ3) is 6.48. The van der Waals surface area contributed by atoms with E-state index in [1.54, 1.807) is 11.1 Å². The van der Waals surface area contributed by atoms with Crippen molar-refractivity contribution < 1.29 is 9.53 Å². The average molecular weight is 355 g/mol. The molecular weight excluding hydrogens is 326 g/mol. The second-order valence-corrected chi connectivity index (χ2v) is 6.80. The van der Waals surface area contributed by atoms with Crippen molar-refractivity contribution >= 4 is 5.91 Å². The van der Waals surface area contributed by atoms with Gasteiger partial charge < -0.3 is 9.64 Å². The molecule has 26 heavy (non-hydrogen) atoms. The molecule has 0 spiro atoms. The Hall–Kier alpha value is -2.40. The smallest absolute Gasteiger partial charge is 0.236 e. The first-order valence-electron chi connectivity index (χ1n) is 8.97. The number of rotatable bonds is 9. The summed E-state index contributed by atoms with van der Waals surface area (Å²) in [5, 5.41) is 0. The van der Waals surface area contributed by atoms with Crippen LogP contribution in [0.1, 0.15) is 23.1 Å². The number of amides is 1. The number of hydrogen-bond donors (Lipinski definition) is 0. The van der Waals surface area contributed by atoms with E-state index < -0.39 is 0 Å². The summed E-state index contributed by atoms with van der Waals surface area (Å²) in [4.78, 5) is 20.2. The highest BCUT2D eigenvalue weighted by Gasteiger charge is 2.12. The molecule has 1 aromatic carbocycles. The minimum absolute atomic E-state index is 0.113. The second-order valence-electron chi connectivity index (χ2n) is 6.80. The highest BCUT2D eigenvalue weighted by atomic mass is 16.5. The van der Waals surface area contributed by atoms with Gasteiger partial charge in [0.05, 0.1) is 13.2 Å². The van der Waals surface area contributed by atoms with Crippen LogP contribution in [0.2, 0.25) is 0 Å². The fraction of sp³-hybridized carbons (Fsp3) is 0.429. The number of ether oxygens (including phenoxy) is 1. The van der Waals surface area contributed by atoms with E-state index in [1.807, 2.05) is 43.4 Å². The maximum absolute atomic E-state index is 12.3. The summed E-state index contributed by atoms with van der Waals surface area (Å²) >= 11 is 0. The highest BCUT2D eigenvalue weighted by Crippen LogP contribution is 2.16. The lowest BCUT2D eigenvalue weighted by Gasteiger charge is -2.22. The van der Waals surface area contributed by atoms with Crippen LogP contribution in [0.4, 0.5) is 0 Å². The Labute approximate surface area is 156 Å². The molecule has 0 bridgehead atoms. The zero-order chi connectivity index (χ0) is 18.9. The van der Waals surface area contributed by atoms with E-state index in [1.165, 1.54) is 11.1 Å². The average Bonchev–Trinajstić information content (AvgIpc) is 2.62. The molecule has 0 radical (unpaired) electrons. The normalized spacial score (nSPS) is 10.8. The molecule has 5 heteroatoms. The van der Waals surface area contributed by atoms with Crippen LogP contribution in [0.5, 0.6) is 5.75 Å². The number of carbonyl (C=O) groups is 1. The van der Waals surface area contributed by atoms with Crippen molar-refractivity contribution in [2.45, 2.75) is 26.8 Å². The Morgan fingerprint density at radius 2 is 1.96 bits per heavy atom. The monoisotopic (exact) mass is 355 g/mol. The molecule has 0 aliphatic carbocycles. The maximum atomic E-state index is 12.3. The van der Waals surface area contributed by atoms with Gasteiger partial charge in [-0.1, -0.05) is 12.1 Å². The number of aromatic nitrogens is 1. The lowest BCUT2D eigenvalue weighted by atomic mass is 10.1. The van der Waals surface area contributed by atoms with Crippen molar-refractivity contribution in [1.82, 2.24) is 14.8 Å². The molecule has 0 unspecified atom stereocenters. The number of aryl methyl sites for hydroxylation is 2. The number of benzene rings is 1. The van der Waals surface area contributed by atoms with Crippen molar-refractivity contribution in [3.05, 3.63) is 59.4 Å². The molecule has 1 aromatic heterocycles. The Kier molecular flexibility index (Phi) is 7.60. The van der Waals surface area contributed by atoms with Gasteiger partial charge in [0, 0.05) is 32.5 Å². The molecule has 0 fully saturated rings. The first-order valence-corrected chi connectivity index (χ1v) is 8.97. The summed E-state index contributed by atoms with van der Waals surface area (Å²) in [6.07, 6.45) is 4.39. The Morgan fingerprint density at radius 3 is 2.65 bits per heavy atom. The van der Waals surface area contributed by atoms with Gasteiger partial charge in [-0.05, 0) is 62.2 Å². The van der Waals surface area contributed by atoms with Crippen molar-refractivity contribution in [2.24, 2.45) is 0 Å². The van der Waals surface area contributed by atoms with E-state index in [0.717, 1.165) is 17.7 Å². The molecule has 0 N–H and O–H groups in total. The molecule has 2 rings (SSSR count). The topological polar surface area (TPSA) is 45.7 Å². The van der Waals surface area contributed by atoms with Crippen molar-refractivity contribution in [2.75, 3.05) is 33.8 Å². The predicted molar refractivity (Wildman–Crippen MR) is 104 cm³/mol. The van der Waals surface area contributed by atoms with E-state index in [9.17, 15) is 4.79 Å². The summed E-state index contributed by atoms with van der Waals surface area (Å²) in [5.74, 6) is 1.00.